The maximum atomic E-state index is 14.4. The Labute approximate surface area is 191 Å². The van der Waals surface area contributed by atoms with Gasteiger partial charge in [0.05, 0.1) is 29.0 Å². The van der Waals surface area contributed by atoms with Crippen LogP contribution >= 0.6 is 0 Å². The number of aliphatic hydroxyl groups is 1. The van der Waals surface area contributed by atoms with Gasteiger partial charge in [0.2, 0.25) is 0 Å². The van der Waals surface area contributed by atoms with Crippen molar-refractivity contribution in [3.63, 3.8) is 0 Å². The van der Waals surface area contributed by atoms with Crippen molar-refractivity contribution in [2.24, 2.45) is 0 Å². The first-order valence-electron chi connectivity index (χ1n) is 11.6. The van der Waals surface area contributed by atoms with Crippen LogP contribution in [-0.2, 0) is 34.7 Å². The van der Waals surface area contributed by atoms with Crippen LogP contribution in [0.3, 0.4) is 0 Å². The van der Waals surface area contributed by atoms with Crippen LogP contribution in [0.1, 0.15) is 67.3 Å². The zero-order valence-corrected chi connectivity index (χ0v) is 19.1. The van der Waals surface area contributed by atoms with Gasteiger partial charge in [0.1, 0.15) is 12.4 Å². The van der Waals surface area contributed by atoms with E-state index in [0.29, 0.717) is 34.6 Å². The number of nitrogens with zero attached hydrogens (tertiary/aromatic N) is 2. The minimum Gasteiger partial charge on any atom is -0.458 e. The first-order valence-corrected chi connectivity index (χ1v) is 11.6. The summed E-state index contributed by atoms with van der Waals surface area (Å²) in [7, 11) is 0. The standard InChI is InChI=1S/C26H27FN2O4/c1-4-6-7-8-15-16-9-14(3)20(27)11-21(16)28-23-17(15)12-29-22(23)10-19-18(24(29)30)13-33-25(31)26(19,32)5-2/h9-11,32H,4-8,12-13H2,1-3H3/t26-/m0/s1. The summed E-state index contributed by atoms with van der Waals surface area (Å²) in [6, 6.07) is 5.00. The molecule has 2 aromatic heterocycles. The summed E-state index contributed by atoms with van der Waals surface area (Å²) in [6.45, 7) is 5.77. The smallest absolute Gasteiger partial charge is 0.343 e. The van der Waals surface area contributed by atoms with Gasteiger partial charge in [-0.2, -0.15) is 0 Å². The summed E-state index contributed by atoms with van der Waals surface area (Å²) < 4.78 is 21.2. The third-order valence-corrected chi connectivity index (χ3v) is 7.12. The second kappa shape index (κ2) is 7.76. The molecule has 1 aromatic carbocycles. The van der Waals surface area contributed by atoms with Crippen LogP contribution in [0.25, 0.3) is 22.3 Å². The number of hydrogen-bond donors (Lipinski definition) is 1. The van der Waals surface area contributed by atoms with Crippen LogP contribution < -0.4 is 5.56 Å². The second-order valence-corrected chi connectivity index (χ2v) is 9.10. The molecule has 2 aliphatic heterocycles. The second-order valence-electron chi connectivity index (χ2n) is 9.10. The highest BCUT2D eigenvalue weighted by molar-refractivity contribution is 5.89. The summed E-state index contributed by atoms with van der Waals surface area (Å²) >= 11 is 0. The number of rotatable bonds is 5. The number of carbonyl (C=O) groups is 1. The Bertz CT molecular complexity index is 1380. The van der Waals surface area contributed by atoms with Gasteiger partial charge in [-0.3, -0.25) is 4.79 Å². The van der Waals surface area contributed by atoms with E-state index in [1.165, 1.54) is 6.07 Å². The molecule has 3 aromatic rings. The molecule has 6 nitrogen and oxygen atoms in total. The van der Waals surface area contributed by atoms with Gasteiger partial charge in [-0.1, -0.05) is 26.7 Å². The molecule has 1 N–H and O–H groups in total. The van der Waals surface area contributed by atoms with Crippen molar-refractivity contribution in [3.8, 4) is 11.4 Å². The van der Waals surface area contributed by atoms with Gasteiger partial charge in [0.15, 0.2) is 5.60 Å². The molecule has 2 aliphatic rings. The molecule has 0 amide bonds. The molecule has 0 spiro atoms. The minimum atomic E-state index is -1.87. The Hall–Kier alpha value is -3.06. The molecule has 0 fully saturated rings. The monoisotopic (exact) mass is 450 g/mol. The van der Waals surface area contributed by atoms with Crippen molar-refractivity contribution < 1.29 is 19.0 Å². The average Bonchev–Trinajstić information content (AvgIpc) is 3.16. The number of fused-ring (bicyclic) bond motifs is 5. The van der Waals surface area contributed by atoms with Gasteiger partial charge in [-0.15, -0.1) is 0 Å². The molecule has 0 saturated carbocycles. The molecule has 5 rings (SSSR count). The van der Waals surface area contributed by atoms with Crippen LogP contribution in [-0.4, -0.2) is 20.6 Å². The zero-order valence-electron chi connectivity index (χ0n) is 19.1. The molecule has 0 radical (unpaired) electrons. The number of benzene rings is 1. The van der Waals surface area contributed by atoms with Gasteiger partial charge in [-0.05, 0) is 49.4 Å². The Balaban J connectivity index is 1.78. The number of ether oxygens (including phenoxy) is 1. The average molecular weight is 451 g/mol. The van der Waals surface area contributed by atoms with Gasteiger partial charge in [0, 0.05) is 22.6 Å². The van der Waals surface area contributed by atoms with Gasteiger partial charge >= 0.3 is 5.97 Å². The summed E-state index contributed by atoms with van der Waals surface area (Å²) in [4.78, 5) is 30.6. The largest absolute Gasteiger partial charge is 0.458 e. The molecule has 0 bridgehead atoms. The fourth-order valence-corrected chi connectivity index (χ4v) is 5.13. The van der Waals surface area contributed by atoms with E-state index in [-0.39, 0.29) is 30.0 Å². The van der Waals surface area contributed by atoms with Gasteiger partial charge in [0.25, 0.3) is 5.56 Å². The predicted molar refractivity (Wildman–Crippen MR) is 122 cm³/mol. The van der Waals surface area contributed by atoms with E-state index in [0.717, 1.165) is 42.2 Å². The molecule has 1 atom stereocenters. The third-order valence-electron chi connectivity index (χ3n) is 7.12. The summed E-state index contributed by atoms with van der Waals surface area (Å²) in [5, 5.41) is 12.0. The number of aryl methyl sites for hydroxylation is 2. The lowest BCUT2D eigenvalue weighted by Crippen LogP contribution is -2.44. The van der Waals surface area contributed by atoms with Gasteiger partial charge < -0.3 is 14.4 Å². The molecular weight excluding hydrogens is 423 g/mol. The van der Waals surface area contributed by atoms with E-state index in [1.807, 2.05) is 6.07 Å². The predicted octanol–water partition coefficient (Wildman–Crippen LogP) is 4.26. The molecular formula is C26H27FN2O4. The lowest BCUT2D eigenvalue weighted by Gasteiger charge is -2.31. The lowest BCUT2D eigenvalue weighted by molar-refractivity contribution is -0.172. The first kappa shape index (κ1) is 21.8. The summed E-state index contributed by atoms with van der Waals surface area (Å²) in [6.07, 6.45) is 4.03. The fourth-order valence-electron chi connectivity index (χ4n) is 5.13. The summed E-state index contributed by atoms with van der Waals surface area (Å²) in [5.41, 5.74) is 2.76. The SMILES string of the molecule is CCCCCc1c2c(nc3cc(F)c(C)cc13)-c1cc3c(c(=O)n1C2)COC(=O)[C@]3(O)CC. The quantitative estimate of drug-likeness (QED) is 0.363. The number of cyclic esters (lactones) is 1. The normalized spacial score (nSPS) is 18.8. The van der Waals surface area contributed by atoms with Crippen LogP contribution in [0.4, 0.5) is 4.39 Å². The third kappa shape index (κ3) is 3.13. The molecule has 0 unspecified atom stereocenters. The van der Waals surface area contributed by atoms with E-state index in [9.17, 15) is 19.1 Å². The van der Waals surface area contributed by atoms with Crippen LogP contribution in [0.2, 0.25) is 0 Å². The van der Waals surface area contributed by atoms with Crippen LogP contribution in [0.5, 0.6) is 0 Å². The molecule has 172 valence electrons. The molecule has 33 heavy (non-hydrogen) atoms. The zero-order chi connectivity index (χ0) is 23.5. The number of unbranched alkanes of at least 4 members (excludes halogenated alkanes) is 2. The van der Waals surface area contributed by atoms with E-state index in [2.05, 4.69) is 6.92 Å². The number of carbonyl (C=O) groups excluding carboxylic acids is 1. The van der Waals surface area contributed by atoms with E-state index >= 15 is 0 Å². The Morgan fingerprint density at radius 2 is 1.97 bits per heavy atom. The van der Waals surface area contributed by atoms with Crippen molar-refractivity contribution in [3.05, 3.63) is 62.2 Å². The maximum absolute atomic E-state index is 14.4. The van der Waals surface area contributed by atoms with Crippen LogP contribution in [0.15, 0.2) is 23.0 Å². The molecule has 0 saturated heterocycles. The number of esters is 1. The summed E-state index contributed by atoms with van der Waals surface area (Å²) in [5.74, 6) is -1.07. The van der Waals surface area contributed by atoms with Gasteiger partial charge in [-0.25, -0.2) is 14.2 Å². The fraction of sp³-hybridized carbons (Fsp3) is 0.423. The topological polar surface area (TPSA) is 81.4 Å². The van der Waals surface area contributed by atoms with Crippen LogP contribution in [0, 0.1) is 12.7 Å². The number of pyridine rings is 2. The maximum Gasteiger partial charge on any atom is 0.343 e. The molecule has 0 aliphatic carbocycles. The first-order chi connectivity index (χ1) is 15.8. The highest BCUT2D eigenvalue weighted by atomic mass is 19.1. The van der Waals surface area contributed by atoms with Crippen molar-refractivity contribution >= 4 is 16.9 Å². The van der Waals surface area contributed by atoms with Crippen molar-refractivity contribution in [1.82, 2.24) is 9.55 Å². The Morgan fingerprint density at radius 1 is 1.18 bits per heavy atom. The lowest BCUT2D eigenvalue weighted by atomic mass is 9.86. The molecule has 4 heterocycles. The Kier molecular flexibility index (Phi) is 5.12. The van der Waals surface area contributed by atoms with E-state index < -0.39 is 11.6 Å². The van der Waals surface area contributed by atoms with E-state index in [1.54, 1.807) is 24.5 Å². The Morgan fingerprint density at radius 3 is 2.70 bits per heavy atom. The van der Waals surface area contributed by atoms with Crippen molar-refractivity contribution in [1.29, 1.82) is 0 Å². The van der Waals surface area contributed by atoms with Crippen molar-refractivity contribution in [2.75, 3.05) is 0 Å². The number of hydrogen-bond acceptors (Lipinski definition) is 5. The molecule has 7 heteroatoms. The minimum absolute atomic E-state index is 0.0898. The number of halogens is 1. The highest BCUT2D eigenvalue weighted by Gasteiger charge is 2.45. The highest BCUT2D eigenvalue weighted by Crippen LogP contribution is 2.40. The van der Waals surface area contributed by atoms with E-state index in [4.69, 9.17) is 9.72 Å². The van der Waals surface area contributed by atoms with Crippen molar-refractivity contribution in [2.45, 2.75) is 71.6 Å². The number of aromatic nitrogens is 2.